The Morgan fingerprint density at radius 3 is 2.66 bits per heavy atom. The van der Waals surface area contributed by atoms with Gasteiger partial charge in [0.1, 0.15) is 6.07 Å². The number of morpholine rings is 1. The molecule has 1 saturated heterocycles. The first-order valence-corrected chi connectivity index (χ1v) is 11.9. The van der Waals surface area contributed by atoms with Crippen LogP contribution in [0.1, 0.15) is 5.56 Å². The molecule has 0 bridgehead atoms. The molecule has 1 fully saturated rings. The fourth-order valence-corrected chi connectivity index (χ4v) is 4.30. The minimum Gasteiger partial charge on any atom is -0.394 e. The molecule has 0 saturated carbocycles. The zero-order valence-corrected chi connectivity index (χ0v) is 18.5. The minimum absolute atomic E-state index is 0.378. The second-order valence-corrected chi connectivity index (χ2v) is 9.25. The molecule has 10 heteroatoms. The fourth-order valence-electron chi connectivity index (χ4n) is 3.32. The van der Waals surface area contributed by atoms with E-state index >= 15 is 0 Å². The lowest BCUT2D eigenvalue weighted by atomic mass is 10.1. The quantitative estimate of drug-likeness (QED) is 0.381. The van der Waals surface area contributed by atoms with Crippen LogP contribution < -0.4 is 10.0 Å². The number of hydrogen-bond acceptors (Lipinski definition) is 8. The van der Waals surface area contributed by atoms with Crippen molar-refractivity contribution >= 4 is 32.6 Å². The van der Waals surface area contributed by atoms with Crippen molar-refractivity contribution in [2.45, 2.75) is 6.10 Å². The second-order valence-electron chi connectivity index (χ2n) is 7.51. The van der Waals surface area contributed by atoms with E-state index in [-0.39, 0.29) is 6.54 Å². The molecule has 0 aromatic heterocycles. The molecule has 0 spiro atoms. The van der Waals surface area contributed by atoms with Crippen LogP contribution in [0.3, 0.4) is 0 Å². The van der Waals surface area contributed by atoms with Gasteiger partial charge in [0, 0.05) is 38.4 Å². The maximum Gasteiger partial charge on any atom is 0.250 e. The van der Waals surface area contributed by atoms with Crippen molar-refractivity contribution < 1.29 is 23.4 Å². The van der Waals surface area contributed by atoms with E-state index in [0.717, 1.165) is 55.9 Å². The summed E-state index contributed by atoms with van der Waals surface area (Å²) in [5.74, 6) is 0. The summed E-state index contributed by atoms with van der Waals surface area (Å²) >= 11 is 0. The van der Waals surface area contributed by atoms with Gasteiger partial charge < -0.3 is 20.3 Å². The zero-order chi connectivity index (χ0) is 23.0. The highest BCUT2D eigenvalue weighted by atomic mass is 32.2. The molecule has 2 aromatic rings. The third-order valence-electron chi connectivity index (χ3n) is 5.14. The Balaban J connectivity index is 1.67. The van der Waals surface area contributed by atoms with Crippen LogP contribution >= 0.6 is 0 Å². The minimum atomic E-state index is -4.10. The van der Waals surface area contributed by atoms with E-state index in [0.29, 0.717) is 5.56 Å². The summed E-state index contributed by atoms with van der Waals surface area (Å²) in [6.07, 6.45) is 0.0452. The van der Waals surface area contributed by atoms with Gasteiger partial charge in [0.25, 0.3) is 10.0 Å². The summed E-state index contributed by atoms with van der Waals surface area (Å²) < 4.78 is 32.1. The Morgan fingerprint density at radius 2 is 1.94 bits per heavy atom. The molecule has 4 N–H and O–H groups in total. The predicted molar refractivity (Wildman–Crippen MR) is 123 cm³/mol. The Labute approximate surface area is 188 Å². The van der Waals surface area contributed by atoms with Crippen molar-refractivity contribution in [1.82, 2.24) is 9.62 Å². The number of nitrogens with zero attached hydrogens (tertiary/aromatic N) is 2. The molecule has 32 heavy (non-hydrogen) atoms. The average molecular weight is 461 g/mol. The summed E-state index contributed by atoms with van der Waals surface area (Å²) in [5, 5.41) is 32.8. The molecule has 1 heterocycles. The Hall–Kier alpha value is -2.52. The number of ether oxygens (including phenoxy) is 1. The van der Waals surface area contributed by atoms with Gasteiger partial charge in [0.2, 0.25) is 0 Å². The van der Waals surface area contributed by atoms with E-state index < -0.39 is 27.6 Å². The topological polar surface area (TPSA) is 135 Å². The van der Waals surface area contributed by atoms with Crippen LogP contribution in [0.25, 0.3) is 16.8 Å². The van der Waals surface area contributed by atoms with E-state index in [2.05, 4.69) is 14.9 Å². The molecule has 1 atom stereocenters. The third-order valence-corrected chi connectivity index (χ3v) is 6.48. The summed E-state index contributed by atoms with van der Waals surface area (Å²) in [7, 11) is -4.10. The van der Waals surface area contributed by atoms with Crippen LogP contribution in [0.2, 0.25) is 0 Å². The van der Waals surface area contributed by atoms with E-state index in [9.17, 15) is 18.8 Å². The van der Waals surface area contributed by atoms with Gasteiger partial charge in [-0.15, -0.1) is 0 Å². The summed E-state index contributed by atoms with van der Waals surface area (Å²) in [6.45, 7) is 4.28. The number of allylic oxidation sites excluding steroid dienone is 1. The van der Waals surface area contributed by atoms with E-state index in [1.165, 1.54) is 6.08 Å². The summed E-state index contributed by atoms with van der Waals surface area (Å²) in [6, 6.07) is 13.1. The number of sulfonamides is 1. The van der Waals surface area contributed by atoms with Gasteiger partial charge in [-0.05, 0) is 40.6 Å². The van der Waals surface area contributed by atoms with Gasteiger partial charge in [0.05, 0.1) is 25.9 Å². The van der Waals surface area contributed by atoms with Crippen LogP contribution in [-0.4, -0.2) is 82.2 Å². The van der Waals surface area contributed by atoms with Crippen LogP contribution in [0.4, 0.5) is 5.69 Å². The number of hydrogen-bond donors (Lipinski definition) is 4. The van der Waals surface area contributed by atoms with E-state index in [1.807, 2.05) is 30.3 Å². The molecule has 1 aliphatic rings. The maximum atomic E-state index is 12.3. The predicted octanol–water partition coefficient (Wildman–Crippen LogP) is 0.721. The Kier molecular flexibility index (Phi) is 8.58. The van der Waals surface area contributed by atoms with Crippen molar-refractivity contribution in [1.29, 1.82) is 5.26 Å². The van der Waals surface area contributed by atoms with Gasteiger partial charge in [-0.1, -0.05) is 18.2 Å². The van der Waals surface area contributed by atoms with Crippen molar-refractivity contribution in [2.24, 2.45) is 0 Å². The highest BCUT2D eigenvalue weighted by Crippen LogP contribution is 2.22. The number of nitriles is 1. The highest BCUT2D eigenvalue weighted by Gasteiger charge is 2.18. The Morgan fingerprint density at radius 1 is 1.22 bits per heavy atom. The molecular formula is C22H28N4O5S. The third kappa shape index (κ3) is 6.74. The number of aliphatic hydroxyl groups excluding tert-OH is 2. The molecule has 1 unspecified atom stereocenters. The maximum absolute atomic E-state index is 12.3. The SMILES string of the molecule is N#C/C(=C\c1ccc2cc(NCCN3CCOCC3)ccc2c1)S(=O)(=O)NCC(O)CO. The van der Waals surface area contributed by atoms with Crippen LogP contribution in [0.5, 0.6) is 0 Å². The molecule has 2 aromatic carbocycles. The first-order valence-electron chi connectivity index (χ1n) is 10.4. The standard InChI is InChI=1S/C22H28N4O5S/c23-14-22(32(29,30)25-15-21(28)16-27)12-17-1-2-19-13-20(4-3-18(19)11-17)24-5-6-26-7-9-31-10-8-26/h1-4,11-13,21,24-25,27-28H,5-10,15-16H2/b22-12+. The van der Waals surface area contributed by atoms with Gasteiger partial charge in [-0.2, -0.15) is 5.26 Å². The zero-order valence-electron chi connectivity index (χ0n) is 17.7. The van der Waals surface area contributed by atoms with Crippen molar-refractivity contribution in [2.75, 3.05) is 57.9 Å². The first-order chi connectivity index (χ1) is 15.4. The normalized spacial score (nSPS) is 16.6. The lowest BCUT2D eigenvalue weighted by Gasteiger charge is -2.26. The number of aliphatic hydroxyl groups is 2. The number of anilines is 1. The monoisotopic (exact) mass is 460 g/mol. The van der Waals surface area contributed by atoms with Crippen LogP contribution in [0.15, 0.2) is 41.3 Å². The van der Waals surface area contributed by atoms with E-state index in [1.54, 1.807) is 12.1 Å². The van der Waals surface area contributed by atoms with E-state index in [4.69, 9.17) is 9.84 Å². The first kappa shape index (κ1) is 24.1. The number of benzene rings is 2. The Bertz CT molecular complexity index is 1090. The van der Waals surface area contributed by atoms with Gasteiger partial charge >= 0.3 is 0 Å². The lowest BCUT2D eigenvalue weighted by Crippen LogP contribution is -2.38. The number of rotatable bonds is 10. The average Bonchev–Trinajstić information content (AvgIpc) is 2.81. The van der Waals surface area contributed by atoms with Gasteiger partial charge in [0.15, 0.2) is 4.91 Å². The van der Waals surface area contributed by atoms with Gasteiger partial charge in [-0.3, -0.25) is 4.90 Å². The number of fused-ring (bicyclic) bond motifs is 1. The van der Waals surface area contributed by atoms with Gasteiger partial charge in [-0.25, -0.2) is 13.1 Å². The fraction of sp³-hybridized carbons (Fsp3) is 0.409. The molecule has 0 radical (unpaired) electrons. The van der Waals surface area contributed by atoms with Crippen molar-refractivity contribution in [3.8, 4) is 6.07 Å². The van der Waals surface area contributed by atoms with Crippen LogP contribution in [-0.2, 0) is 14.8 Å². The largest absolute Gasteiger partial charge is 0.394 e. The molecule has 3 rings (SSSR count). The smallest absolute Gasteiger partial charge is 0.250 e. The molecule has 0 aliphatic carbocycles. The van der Waals surface area contributed by atoms with Crippen molar-refractivity contribution in [3.63, 3.8) is 0 Å². The second kappa shape index (κ2) is 11.4. The summed E-state index contributed by atoms with van der Waals surface area (Å²) in [5.41, 5.74) is 1.57. The number of nitrogens with one attached hydrogen (secondary N) is 2. The van der Waals surface area contributed by atoms with Crippen molar-refractivity contribution in [3.05, 3.63) is 46.9 Å². The molecule has 9 nitrogen and oxygen atoms in total. The molecule has 0 amide bonds. The molecular weight excluding hydrogens is 432 g/mol. The summed E-state index contributed by atoms with van der Waals surface area (Å²) in [4.78, 5) is 1.89. The molecule has 1 aliphatic heterocycles. The highest BCUT2D eigenvalue weighted by molar-refractivity contribution is 7.93. The lowest BCUT2D eigenvalue weighted by molar-refractivity contribution is 0.0398. The van der Waals surface area contributed by atoms with Crippen LogP contribution in [0, 0.1) is 11.3 Å². The molecule has 172 valence electrons.